The number of aromatic hydroxyl groups is 1. The fourth-order valence-corrected chi connectivity index (χ4v) is 5.77. The van der Waals surface area contributed by atoms with E-state index < -0.39 is 0 Å². The van der Waals surface area contributed by atoms with E-state index in [9.17, 15) is 5.11 Å². The van der Waals surface area contributed by atoms with E-state index in [2.05, 4.69) is 98.2 Å². The molecule has 0 unspecified atom stereocenters. The molecular formula is C38H37N4OPt-. The smallest absolute Gasteiger partial charge is 0.138 e. The Kier molecular flexibility index (Phi) is 9.08. The van der Waals surface area contributed by atoms with Crippen molar-refractivity contribution in [1.29, 1.82) is 0 Å². The van der Waals surface area contributed by atoms with Gasteiger partial charge >= 0.3 is 0 Å². The Morgan fingerprint density at radius 3 is 2.02 bits per heavy atom. The molecule has 0 radical (unpaired) electrons. The largest absolute Gasteiger partial charge is 0.507 e. The fourth-order valence-electron chi connectivity index (χ4n) is 5.77. The summed E-state index contributed by atoms with van der Waals surface area (Å²) in [4.78, 5) is 5.17. The van der Waals surface area contributed by atoms with Crippen molar-refractivity contribution in [3.05, 3.63) is 126 Å². The molecule has 0 atom stereocenters. The second-order valence-electron chi connectivity index (χ2n) is 11.8. The van der Waals surface area contributed by atoms with E-state index in [4.69, 9.17) is 4.98 Å². The van der Waals surface area contributed by atoms with E-state index in [1.54, 1.807) is 6.07 Å². The molecule has 0 spiro atoms. The number of rotatable bonds is 7. The molecular weight excluding hydrogens is 724 g/mol. The van der Waals surface area contributed by atoms with Gasteiger partial charge in [0, 0.05) is 32.5 Å². The minimum absolute atomic E-state index is 0. The minimum Gasteiger partial charge on any atom is -0.507 e. The van der Waals surface area contributed by atoms with Crippen LogP contribution in [0.3, 0.4) is 0 Å². The molecule has 0 saturated heterocycles. The van der Waals surface area contributed by atoms with Crippen molar-refractivity contribution < 1.29 is 26.2 Å². The van der Waals surface area contributed by atoms with Crippen molar-refractivity contribution in [3.8, 4) is 50.9 Å². The van der Waals surface area contributed by atoms with Gasteiger partial charge in [0.05, 0.1) is 16.9 Å². The number of aromatic nitrogens is 4. The van der Waals surface area contributed by atoms with Gasteiger partial charge < -0.3 is 9.67 Å². The zero-order valence-corrected chi connectivity index (χ0v) is 28.2. The Morgan fingerprint density at radius 2 is 1.41 bits per heavy atom. The number of benzene rings is 4. The van der Waals surface area contributed by atoms with Gasteiger partial charge in [0.15, 0.2) is 0 Å². The molecule has 0 bridgehead atoms. The number of imidazole rings is 1. The molecule has 0 amide bonds. The SMILES string of the molecule is Cc1cc(C)n(-c2[c-]c(-c3cn(-c4c(C(C)C)cc(-c5ccccc5)cc4C(C)C)c(-c4ccccc4O)n3)ccc2)n1.[Pt]. The van der Waals surface area contributed by atoms with Gasteiger partial charge in [0.1, 0.15) is 11.6 Å². The standard InChI is InChI=1S/C38H37N4O.Pt/c1-24(2)33-21-30(28-13-8-7-9-14-28)22-34(25(3)4)37(33)41-23-35(39-38(41)32-17-10-11-18-36(32)43)29-15-12-16-31(20-29)42-27(6)19-26(5)40-42;/h7-19,21-25,43H,1-6H3;/q-1;. The third-order valence-electron chi connectivity index (χ3n) is 7.91. The van der Waals surface area contributed by atoms with Crippen LogP contribution in [0.5, 0.6) is 5.75 Å². The van der Waals surface area contributed by atoms with Crippen LogP contribution in [-0.2, 0) is 21.1 Å². The second kappa shape index (κ2) is 12.8. The Hall–Kier alpha value is -4.21. The Bertz CT molecular complexity index is 1890. The van der Waals surface area contributed by atoms with Gasteiger partial charge in [0.25, 0.3) is 0 Å². The van der Waals surface area contributed by atoms with Crippen LogP contribution in [-0.4, -0.2) is 24.4 Å². The van der Waals surface area contributed by atoms with E-state index in [0.717, 1.165) is 34.0 Å². The average molecular weight is 761 g/mol. The van der Waals surface area contributed by atoms with Crippen LogP contribution >= 0.6 is 0 Å². The number of nitrogens with zero attached hydrogens (tertiary/aromatic N) is 4. The number of aryl methyl sites for hydroxylation is 2. The van der Waals surface area contributed by atoms with Crippen molar-refractivity contribution in [2.24, 2.45) is 0 Å². The summed E-state index contributed by atoms with van der Waals surface area (Å²) >= 11 is 0. The molecule has 5 nitrogen and oxygen atoms in total. The molecule has 0 aliphatic carbocycles. The summed E-state index contributed by atoms with van der Waals surface area (Å²) < 4.78 is 4.09. The van der Waals surface area contributed by atoms with Gasteiger partial charge in [-0.15, -0.1) is 29.8 Å². The molecule has 1 N–H and O–H groups in total. The molecule has 2 aromatic heterocycles. The molecule has 44 heavy (non-hydrogen) atoms. The summed E-state index contributed by atoms with van der Waals surface area (Å²) in [5.74, 6) is 1.38. The van der Waals surface area contributed by atoms with E-state index in [1.807, 2.05) is 54.9 Å². The summed E-state index contributed by atoms with van der Waals surface area (Å²) in [5.41, 5.74) is 11.1. The first-order valence-electron chi connectivity index (χ1n) is 14.9. The number of hydrogen-bond acceptors (Lipinski definition) is 3. The van der Waals surface area contributed by atoms with Crippen LogP contribution in [0.1, 0.15) is 62.0 Å². The van der Waals surface area contributed by atoms with Gasteiger partial charge in [-0.25, -0.2) is 0 Å². The molecule has 6 aromatic rings. The number of para-hydroxylation sites is 1. The number of hydrogen-bond donors (Lipinski definition) is 1. The molecule has 0 saturated carbocycles. The normalized spacial score (nSPS) is 11.3. The van der Waals surface area contributed by atoms with Crippen molar-refractivity contribution in [3.63, 3.8) is 0 Å². The van der Waals surface area contributed by atoms with Crippen LogP contribution in [0.4, 0.5) is 0 Å². The molecule has 6 heteroatoms. The van der Waals surface area contributed by atoms with Crippen LogP contribution in [0.15, 0.2) is 97.2 Å². The van der Waals surface area contributed by atoms with E-state index in [0.29, 0.717) is 11.4 Å². The van der Waals surface area contributed by atoms with Crippen LogP contribution < -0.4 is 0 Å². The monoisotopic (exact) mass is 760 g/mol. The first-order chi connectivity index (χ1) is 20.7. The molecule has 2 heterocycles. The molecule has 0 aliphatic rings. The molecule has 4 aromatic carbocycles. The number of phenols is 1. The molecule has 0 fully saturated rings. The average Bonchev–Trinajstić information content (AvgIpc) is 3.59. The quantitative estimate of drug-likeness (QED) is 0.165. The predicted octanol–water partition coefficient (Wildman–Crippen LogP) is 9.43. The van der Waals surface area contributed by atoms with Gasteiger partial charge in [-0.2, -0.15) is 5.10 Å². The molecule has 226 valence electrons. The van der Waals surface area contributed by atoms with Crippen molar-refractivity contribution in [1.82, 2.24) is 19.3 Å². The first-order valence-corrected chi connectivity index (χ1v) is 14.9. The van der Waals surface area contributed by atoms with Crippen molar-refractivity contribution in [2.45, 2.75) is 53.4 Å². The Labute approximate surface area is 274 Å². The Morgan fingerprint density at radius 1 is 0.750 bits per heavy atom. The summed E-state index contributed by atoms with van der Waals surface area (Å²) in [6.45, 7) is 13.0. The van der Waals surface area contributed by atoms with Gasteiger partial charge in [0.2, 0.25) is 0 Å². The maximum absolute atomic E-state index is 11.0. The van der Waals surface area contributed by atoms with Crippen LogP contribution in [0, 0.1) is 19.9 Å². The minimum atomic E-state index is 0. The third kappa shape index (κ3) is 5.94. The zero-order valence-electron chi connectivity index (χ0n) is 25.9. The predicted molar refractivity (Wildman–Crippen MR) is 175 cm³/mol. The maximum Gasteiger partial charge on any atom is 0.138 e. The summed E-state index contributed by atoms with van der Waals surface area (Å²) in [5, 5.41) is 15.7. The zero-order chi connectivity index (χ0) is 30.2. The van der Waals surface area contributed by atoms with Crippen molar-refractivity contribution in [2.75, 3.05) is 0 Å². The maximum atomic E-state index is 11.0. The molecule has 6 rings (SSSR count). The molecule has 0 aliphatic heterocycles. The van der Waals surface area contributed by atoms with E-state index in [1.165, 1.54) is 22.3 Å². The second-order valence-corrected chi connectivity index (χ2v) is 11.8. The van der Waals surface area contributed by atoms with Crippen LogP contribution in [0.25, 0.3) is 45.1 Å². The van der Waals surface area contributed by atoms with Crippen LogP contribution in [0.2, 0.25) is 0 Å². The third-order valence-corrected chi connectivity index (χ3v) is 7.91. The number of phenolic OH excluding ortho intramolecular Hbond substituents is 1. The van der Waals surface area contributed by atoms with Gasteiger partial charge in [-0.3, -0.25) is 9.67 Å². The Balaban J connectivity index is 0.00000384. The summed E-state index contributed by atoms with van der Waals surface area (Å²) in [6.07, 6.45) is 2.09. The summed E-state index contributed by atoms with van der Waals surface area (Å²) in [6, 6.07) is 34.3. The van der Waals surface area contributed by atoms with Crippen molar-refractivity contribution >= 4 is 0 Å². The topological polar surface area (TPSA) is 55.9 Å². The van der Waals surface area contributed by atoms with E-state index >= 15 is 0 Å². The van der Waals surface area contributed by atoms with Gasteiger partial charge in [-0.05, 0) is 90.2 Å². The van der Waals surface area contributed by atoms with Gasteiger partial charge in [-0.1, -0.05) is 70.2 Å². The summed E-state index contributed by atoms with van der Waals surface area (Å²) in [7, 11) is 0. The van der Waals surface area contributed by atoms with E-state index in [-0.39, 0.29) is 38.7 Å². The fraction of sp³-hybridized carbons (Fsp3) is 0.211. The first kappa shape index (κ1) is 31.2.